The number of aliphatic hydroxyl groups excluding tert-OH is 1. The number of benzene rings is 3. The Labute approximate surface area is 216 Å². The van der Waals surface area contributed by atoms with Crippen molar-refractivity contribution < 1.29 is 28.9 Å². The van der Waals surface area contributed by atoms with E-state index >= 15 is 0 Å². The smallest absolute Gasteiger partial charge is 0.300 e. The molecule has 1 amide bonds. The zero-order valence-corrected chi connectivity index (χ0v) is 21.5. The first-order valence-electron chi connectivity index (χ1n) is 11.8. The molecule has 0 aromatic heterocycles. The molecular formula is C29H30N2O6. The highest BCUT2D eigenvalue weighted by atomic mass is 16.5. The van der Waals surface area contributed by atoms with Gasteiger partial charge in [0.25, 0.3) is 11.7 Å². The van der Waals surface area contributed by atoms with Gasteiger partial charge in [-0.15, -0.1) is 0 Å². The Bertz CT molecular complexity index is 1330. The number of nitrogens with zero attached hydrogens (tertiary/aromatic N) is 2. The standard InChI is InChI=1S/C29H30N2O6/c1-6-37-21-13-7-18(8-14-21)26-25(27(32)23-17-22(35-4)15-16-24(23)36-5)28(33)29(34)31(26)20-11-9-19(10-12-20)30(2)3/h7-17,26,32H,6H2,1-5H3/b27-25+. The van der Waals surface area contributed by atoms with E-state index in [0.717, 1.165) is 5.69 Å². The number of hydrogen-bond acceptors (Lipinski definition) is 7. The maximum absolute atomic E-state index is 13.5. The van der Waals surface area contributed by atoms with Gasteiger partial charge in [-0.1, -0.05) is 12.1 Å². The number of anilines is 2. The lowest BCUT2D eigenvalue weighted by molar-refractivity contribution is -0.132. The molecule has 0 saturated carbocycles. The summed E-state index contributed by atoms with van der Waals surface area (Å²) in [6.07, 6.45) is 0. The monoisotopic (exact) mass is 502 g/mol. The first-order chi connectivity index (χ1) is 17.8. The van der Waals surface area contributed by atoms with Crippen LogP contribution in [0.25, 0.3) is 5.76 Å². The quantitative estimate of drug-likeness (QED) is 0.269. The fraction of sp³-hybridized carbons (Fsp3) is 0.241. The molecule has 1 unspecified atom stereocenters. The van der Waals surface area contributed by atoms with Gasteiger partial charge in [0.1, 0.15) is 23.0 Å². The van der Waals surface area contributed by atoms with E-state index in [1.54, 1.807) is 54.6 Å². The van der Waals surface area contributed by atoms with Crippen LogP contribution in [0.4, 0.5) is 11.4 Å². The fourth-order valence-electron chi connectivity index (χ4n) is 4.38. The number of methoxy groups -OCH3 is 2. The molecule has 0 radical (unpaired) electrons. The summed E-state index contributed by atoms with van der Waals surface area (Å²) in [5.74, 6) is -0.412. The first-order valence-corrected chi connectivity index (χ1v) is 11.8. The van der Waals surface area contributed by atoms with Crippen molar-refractivity contribution in [2.24, 2.45) is 0 Å². The minimum Gasteiger partial charge on any atom is -0.507 e. The maximum Gasteiger partial charge on any atom is 0.300 e. The lowest BCUT2D eigenvalue weighted by atomic mass is 9.94. The normalized spacial score (nSPS) is 16.6. The second-order valence-electron chi connectivity index (χ2n) is 8.65. The zero-order valence-electron chi connectivity index (χ0n) is 21.5. The van der Waals surface area contributed by atoms with Crippen molar-refractivity contribution in [1.82, 2.24) is 0 Å². The average molecular weight is 503 g/mol. The van der Waals surface area contributed by atoms with Crippen LogP contribution in [0.1, 0.15) is 24.1 Å². The number of hydrogen-bond donors (Lipinski definition) is 1. The van der Waals surface area contributed by atoms with E-state index in [2.05, 4.69) is 0 Å². The van der Waals surface area contributed by atoms with E-state index in [1.165, 1.54) is 19.1 Å². The van der Waals surface area contributed by atoms with Crippen LogP contribution in [0.3, 0.4) is 0 Å². The highest BCUT2D eigenvalue weighted by Crippen LogP contribution is 2.44. The van der Waals surface area contributed by atoms with Gasteiger partial charge >= 0.3 is 0 Å². The van der Waals surface area contributed by atoms with E-state index in [4.69, 9.17) is 14.2 Å². The SMILES string of the molecule is CCOc1ccc(C2/C(=C(\O)c3cc(OC)ccc3OC)C(=O)C(=O)N2c2ccc(N(C)C)cc2)cc1. The lowest BCUT2D eigenvalue weighted by Crippen LogP contribution is -2.29. The van der Waals surface area contributed by atoms with Gasteiger partial charge in [-0.2, -0.15) is 0 Å². The minimum absolute atomic E-state index is 0.0441. The summed E-state index contributed by atoms with van der Waals surface area (Å²) in [6.45, 7) is 2.40. The summed E-state index contributed by atoms with van der Waals surface area (Å²) in [7, 11) is 6.81. The summed E-state index contributed by atoms with van der Waals surface area (Å²) < 4.78 is 16.3. The Kier molecular flexibility index (Phi) is 7.38. The Hall–Kier alpha value is -4.46. The molecule has 8 heteroatoms. The zero-order chi connectivity index (χ0) is 26.7. The van der Waals surface area contributed by atoms with Gasteiger partial charge in [-0.25, -0.2) is 0 Å². The van der Waals surface area contributed by atoms with Gasteiger partial charge in [0, 0.05) is 25.5 Å². The number of rotatable bonds is 8. The van der Waals surface area contributed by atoms with Crippen LogP contribution in [0.15, 0.2) is 72.3 Å². The Morgan fingerprint density at radius 1 is 0.919 bits per heavy atom. The Morgan fingerprint density at radius 2 is 1.57 bits per heavy atom. The van der Waals surface area contributed by atoms with Crippen LogP contribution in [0.5, 0.6) is 17.2 Å². The lowest BCUT2D eigenvalue weighted by Gasteiger charge is -2.26. The molecule has 0 spiro atoms. The van der Waals surface area contributed by atoms with Crippen LogP contribution < -0.4 is 24.0 Å². The highest BCUT2D eigenvalue weighted by molar-refractivity contribution is 6.51. The molecule has 3 aromatic rings. The molecule has 0 aliphatic carbocycles. The van der Waals surface area contributed by atoms with Crippen molar-refractivity contribution in [2.45, 2.75) is 13.0 Å². The number of amides is 1. The number of carbonyl (C=O) groups is 2. The van der Waals surface area contributed by atoms with Gasteiger partial charge in [-0.05, 0) is 67.1 Å². The summed E-state index contributed by atoms with van der Waals surface area (Å²) in [5, 5.41) is 11.5. The molecule has 1 heterocycles. The molecule has 1 atom stereocenters. The van der Waals surface area contributed by atoms with Crippen LogP contribution in [-0.4, -0.2) is 51.7 Å². The van der Waals surface area contributed by atoms with E-state index in [-0.39, 0.29) is 16.9 Å². The summed E-state index contributed by atoms with van der Waals surface area (Å²) >= 11 is 0. The van der Waals surface area contributed by atoms with Crippen molar-refractivity contribution in [3.8, 4) is 17.2 Å². The van der Waals surface area contributed by atoms with Crippen molar-refractivity contribution in [1.29, 1.82) is 0 Å². The number of ether oxygens (including phenoxy) is 3. The number of carbonyl (C=O) groups excluding carboxylic acids is 2. The highest BCUT2D eigenvalue weighted by Gasteiger charge is 2.47. The largest absolute Gasteiger partial charge is 0.507 e. The van der Waals surface area contributed by atoms with Gasteiger partial charge < -0.3 is 24.2 Å². The Morgan fingerprint density at radius 3 is 2.14 bits per heavy atom. The third-order valence-corrected chi connectivity index (χ3v) is 6.26. The molecule has 1 aliphatic rings. The molecule has 1 aliphatic heterocycles. The molecule has 1 saturated heterocycles. The summed E-state index contributed by atoms with van der Waals surface area (Å²) in [6, 6.07) is 18.5. The van der Waals surface area contributed by atoms with Crippen molar-refractivity contribution >= 4 is 28.8 Å². The molecule has 8 nitrogen and oxygen atoms in total. The molecule has 192 valence electrons. The van der Waals surface area contributed by atoms with E-state index in [0.29, 0.717) is 35.1 Å². The minimum atomic E-state index is -0.878. The van der Waals surface area contributed by atoms with Crippen LogP contribution >= 0.6 is 0 Å². The van der Waals surface area contributed by atoms with Gasteiger partial charge in [-0.3, -0.25) is 14.5 Å². The number of ketones is 1. The average Bonchev–Trinajstić information content (AvgIpc) is 3.18. The van der Waals surface area contributed by atoms with Crippen molar-refractivity contribution in [3.63, 3.8) is 0 Å². The van der Waals surface area contributed by atoms with Crippen LogP contribution in [0.2, 0.25) is 0 Å². The first kappa shape index (κ1) is 25.6. The summed E-state index contributed by atoms with van der Waals surface area (Å²) in [4.78, 5) is 30.3. The number of aliphatic hydroxyl groups is 1. The topological polar surface area (TPSA) is 88.5 Å². The third kappa shape index (κ3) is 4.82. The van der Waals surface area contributed by atoms with Gasteiger partial charge in [0.05, 0.1) is 38.0 Å². The summed E-state index contributed by atoms with van der Waals surface area (Å²) in [5.41, 5.74) is 2.32. The molecule has 37 heavy (non-hydrogen) atoms. The predicted octanol–water partition coefficient (Wildman–Crippen LogP) is 4.79. The predicted molar refractivity (Wildman–Crippen MR) is 143 cm³/mol. The molecule has 4 rings (SSSR count). The Balaban J connectivity index is 1.93. The van der Waals surface area contributed by atoms with E-state index in [9.17, 15) is 14.7 Å². The van der Waals surface area contributed by atoms with E-state index in [1.807, 2.05) is 38.1 Å². The van der Waals surface area contributed by atoms with Crippen molar-refractivity contribution in [3.05, 3.63) is 83.4 Å². The van der Waals surface area contributed by atoms with E-state index < -0.39 is 17.7 Å². The second-order valence-corrected chi connectivity index (χ2v) is 8.65. The molecule has 0 bridgehead atoms. The third-order valence-electron chi connectivity index (χ3n) is 6.26. The molecule has 1 fully saturated rings. The van der Waals surface area contributed by atoms with Crippen LogP contribution in [0, 0.1) is 0 Å². The molecule has 1 N–H and O–H groups in total. The second kappa shape index (κ2) is 10.7. The van der Waals surface area contributed by atoms with Gasteiger partial charge in [0.15, 0.2) is 0 Å². The van der Waals surface area contributed by atoms with Crippen molar-refractivity contribution in [2.75, 3.05) is 44.7 Å². The number of Topliss-reactive ketones (excluding diaryl/α,β-unsaturated/α-hetero) is 1. The molecule has 3 aromatic carbocycles. The fourth-order valence-corrected chi connectivity index (χ4v) is 4.38. The maximum atomic E-state index is 13.5. The molecular weight excluding hydrogens is 472 g/mol. The van der Waals surface area contributed by atoms with Crippen LogP contribution in [-0.2, 0) is 9.59 Å². The van der Waals surface area contributed by atoms with Gasteiger partial charge in [0.2, 0.25) is 0 Å².